The number of nitrogens with zero attached hydrogens (tertiary/aromatic N) is 5. The van der Waals surface area contributed by atoms with Crippen LogP contribution in [-0.2, 0) is 11.8 Å². The van der Waals surface area contributed by atoms with Gasteiger partial charge in [-0.05, 0) is 55.8 Å². The molecule has 9 heteroatoms. The van der Waals surface area contributed by atoms with Gasteiger partial charge in [-0.25, -0.2) is 0 Å². The summed E-state index contributed by atoms with van der Waals surface area (Å²) in [6, 6.07) is 17.4. The van der Waals surface area contributed by atoms with Crippen LogP contribution in [0.5, 0.6) is 0 Å². The fourth-order valence-corrected chi connectivity index (χ4v) is 4.06. The van der Waals surface area contributed by atoms with Crippen molar-refractivity contribution in [3.8, 4) is 17.1 Å². The highest BCUT2D eigenvalue weighted by molar-refractivity contribution is 7.99. The van der Waals surface area contributed by atoms with Gasteiger partial charge in [-0.3, -0.25) is 14.0 Å². The predicted octanol–water partition coefficient (Wildman–Crippen LogP) is 4.67. The summed E-state index contributed by atoms with van der Waals surface area (Å²) in [6.07, 6.45) is 0. The molecule has 0 aliphatic carbocycles. The molecule has 0 saturated carbocycles. The first-order valence-electron chi connectivity index (χ1n) is 9.62. The first-order chi connectivity index (χ1) is 14.9. The number of hydrogen-bond donors (Lipinski definition) is 1. The maximum Gasteiger partial charge on any atom is 0.235 e. The van der Waals surface area contributed by atoms with E-state index in [0.29, 0.717) is 21.8 Å². The topological polar surface area (TPSA) is 77.6 Å². The van der Waals surface area contributed by atoms with E-state index in [1.165, 1.54) is 11.8 Å². The number of hydrogen-bond acceptors (Lipinski definition) is 5. The van der Waals surface area contributed by atoms with Gasteiger partial charge >= 0.3 is 0 Å². The second-order valence-corrected chi connectivity index (χ2v) is 8.50. The average Bonchev–Trinajstić information content (AvgIpc) is 3.29. The molecule has 4 aromatic rings. The zero-order valence-corrected chi connectivity index (χ0v) is 18.9. The molecule has 1 N–H and O–H groups in total. The van der Waals surface area contributed by atoms with Gasteiger partial charge in [0.15, 0.2) is 11.0 Å². The number of anilines is 1. The van der Waals surface area contributed by atoms with E-state index in [1.54, 1.807) is 11.7 Å². The van der Waals surface area contributed by atoms with E-state index in [2.05, 4.69) is 26.7 Å². The number of halogens is 1. The van der Waals surface area contributed by atoms with Gasteiger partial charge in [0.25, 0.3) is 0 Å². The molecule has 2 heterocycles. The number of amides is 1. The Kier molecular flexibility index (Phi) is 6.11. The molecule has 158 valence electrons. The Labute approximate surface area is 189 Å². The number of carbonyl (C=O) groups is 1. The predicted molar refractivity (Wildman–Crippen MR) is 124 cm³/mol. The molecule has 2 aromatic carbocycles. The van der Waals surface area contributed by atoms with Crippen LogP contribution in [0.4, 0.5) is 5.82 Å². The molecule has 0 saturated heterocycles. The van der Waals surface area contributed by atoms with E-state index in [1.807, 2.05) is 66.9 Å². The molecule has 0 unspecified atom stereocenters. The third-order valence-corrected chi connectivity index (χ3v) is 5.78. The fourth-order valence-electron chi connectivity index (χ4n) is 3.19. The van der Waals surface area contributed by atoms with Gasteiger partial charge in [0, 0.05) is 29.4 Å². The molecule has 0 spiro atoms. The van der Waals surface area contributed by atoms with Gasteiger partial charge < -0.3 is 5.32 Å². The highest BCUT2D eigenvalue weighted by Gasteiger charge is 2.18. The summed E-state index contributed by atoms with van der Waals surface area (Å²) >= 11 is 7.38. The van der Waals surface area contributed by atoms with Gasteiger partial charge in [-0.1, -0.05) is 35.5 Å². The molecule has 0 bridgehead atoms. The summed E-state index contributed by atoms with van der Waals surface area (Å²) < 4.78 is 3.61. The van der Waals surface area contributed by atoms with E-state index in [9.17, 15) is 4.79 Å². The Bertz CT molecular complexity index is 1230. The first-order valence-corrected chi connectivity index (χ1v) is 11.0. The van der Waals surface area contributed by atoms with Gasteiger partial charge in [0.05, 0.1) is 11.4 Å². The first kappa shape index (κ1) is 21.1. The van der Waals surface area contributed by atoms with Crippen molar-refractivity contribution in [3.05, 3.63) is 70.9 Å². The number of thioether (sulfide) groups is 1. The van der Waals surface area contributed by atoms with Crippen molar-refractivity contribution in [1.29, 1.82) is 0 Å². The summed E-state index contributed by atoms with van der Waals surface area (Å²) in [7, 11) is 1.79. The number of carbonyl (C=O) groups excluding carboxylic acids is 1. The number of aromatic nitrogens is 5. The molecule has 0 atom stereocenters. The fraction of sp³-hybridized carbons (Fsp3) is 0.182. The third-order valence-electron chi connectivity index (χ3n) is 4.60. The largest absolute Gasteiger partial charge is 0.310 e. The highest BCUT2D eigenvalue weighted by atomic mass is 35.5. The van der Waals surface area contributed by atoms with Crippen molar-refractivity contribution < 1.29 is 4.79 Å². The highest BCUT2D eigenvalue weighted by Crippen LogP contribution is 2.29. The molecule has 4 rings (SSSR count). The van der Waals surface area contributed by atoms with Crippen molar-refractivity contribution in [1.82, 2.24) is 24.5 Å². The SMILES string of the molecule is Cc1cccc(-n2c(SCC(=O)Nc3cc(C)nn3C)nnc2-c2ccc(Cl)cc2)c1. The van der Waals surface area contributed by atoms with Crippen LogP contribution in [0.2, 0.25) is 5.02 Å². The van der Waals surface area contributed by atoms with Crippen molar-refractivity contribution in [2.45, 2.75) is 19.0 Å². The van der Waals surface area contributed by atoms with Gasteiger partial charge in [0.2, 0.25) is 5.91 Å². The third kappa shape index (κ3) is 4.81. The molecule has 0 fully saturated rings. The van der Waals surface area contributed by atoms with E-state index in [4.69, 9.17) is 11.6 Å². The molecular formula is C22H21ClN6OS. The standard InChI is InChI=1S/C22H21ClN6OS/c1-14-5-4-6-18(11-14)29-21(16-7-9-17(23)10-8-16)25-26-22(29)31-13-20(30)24-19-12-15(2)27-28(19)3/h4-12H,13H2,1-3H3,(H,24,30). The monoisotopic (exact) mass is 452 g/mol. The lowest BCUT2D eigenvalue weighted by Crippen LogP contribution is -2.16. The Morgan fingerprint density at radius 2 is 1.87 bits per heavy atom. The van der Waals surface area contributed by atoms with Crippen LogP contribution < -0.4 is 5.32 Å². The maximum absolute atomic E-state index is 12.5. The summed E-state index contributed by atoms with van der Waals surface area (Å²) in [4.78, 5) is 12.5. The molecule has 2 aromatic heterocycles. The Balaban J connectivity index is 1.62. The molecule has 31 heavy (non-hydrogen) atoms. The second kappa shape index (κ2) is 8.95. The van der Waals surface area contributed by atoms with Crippen molar-refractivity contribution in [3.63, 3.8) is 0 Å². The van der Waals surface area contributed by atoms with Crippen LogP contribution >= 0.6 is 23.4 Å². The van der Waals surface area contributed by atoms with Crippen LogP contribution in [0.1, 0.15) is 11.3 Å². The van der Waals surface area contributed by atoms with Crippen molar-refractivity contribution >= 4 is 35.1 Å². The Morgan fingerprint density at radius 1 is 1.10 bits per heavy atom. The lowest BCUT2D eigenvalue weighted by atomic mass is 10.2. The maximum atomic E-state index is 12.5. The van der Waals surface area contributed by atoms with E-state index < -0.39 is 0 Å². The van der Waals surface area contributed by atoms with E-state index >= 15 is 0 Å². The van der Waals surface area contributed by atoms with E-state index in [0.717, 1.165) is 22.5 Å². The lowest BCUT2D eigenvalue weighted by Gasteiger charge is -2.11. The van der Waals surface area contributed by atoms with Gasteiger partial charge in [-0.2, -0.15) is 5.10 Å². The smallest absolute Gasteiger partial charge is 0.235 e. The van der Waals surface area contributed by atoms with Gasteiger partial charge in [0.1, 0.15) is 5.82 Å². The molecule has 0 aliphatic rings. The normalized spacial score (nSPS) is 11.0. The van der Waals surface area contributed by atoms with Gasteiger partial charge in [-0.15, -0.1) is 10.2 Å². The quantitative estimate of drug-likeness (QED) is 0.430. The lowest BCUT2D eigenvalue weighted by molar-refractivity contribution is -0.113. The number of nitrogens with one attached hydrogen (secondary N) is 1. The summed E-state index contributed by atoms with van der Waals surface area (Å²) in [5.74, 6) is 1.40. The molecular weight excluding hydrogens is 432 g/mol. The number of aryl methyl sites for hydroxylation is 3. The average molecular weight is 453 g/mol. The summed E-state index contributed by atoms with van der Waals surface area (Å²) in [6.45, 7) is 3.92. The number of benzene rings is 2. The zero-order chi connectivity index (χ0) is 22.0. The van der Waals surface area contributed by atoms with Crippen LogP contribution in [0.15, 0.2) is 59.8 Å². The molecule has 7 nitrogen and oxygen atoms in total. The summed E-state index contributed by atoms with van der Waals surface area (Å²) in [5.41, 5.74) is 3.78. The van der Waals surface area contributed by atoms with Crippen molar-refractivity contribution in [2.24, 2.45) is 7.05 Å². The minimum absolute atomic E-state index is 0.139. The van der Waals surface area contributed by atoms with Crippen molar-refractivity contribution in [2.75, 3.05) is 11.1 Å². The van der Waals surface area contributed by atoms with Crippen LogP contribution in [0.3, 0.4) is 0 Å². The second-order valence-electron chi connectivity index (χ2n) is 7.12. The molecule has 1 amide bonds. The van der Waals surface area contributed by atoms with Crippen LogP contribution in [0, 0.1) is 13.8 Å². The number of rotatable bonds is 6. The van der Waals surface area contributed by atoms with E-state index in [-0.39, 0.29) is 11.7 Å². The van der Waals surface area contributed by atoms with Crippen LogP contribution in [0.25, 0.3) is 17.1 Å². The minimum atomic E-state index is -0.139. The molecule has 0 radical (unpaired) electrons. The Morgan fingerprint density at radius 3 is 2.55 bits per heavy atom. The summed E-state index contributed by atoms with van der Waals surface area (Å²) in [5, 5.41) is 17.2. The minimum Gasteiger partial charge on any atom is -0.310 e. The van der Waals surface area contributed by atoms with Crippen LogP contribution in [-0.4, -0.2) is 36.2 Å². The Hall–Kier alpha value is -3.10. The molecule has 0 aliphatic heterocycles. The zero-order valence-electron chi connectivity index (χ0n) is 17.3.